The first kappa shape index (κ1) is 133. The van der Waals surface area contributed by atoms with E-state index in [1.54, 1.807) is 0 Å². The zero-order valence-electron chi connectivity index (χ0n) is 59.2. The fraction of sp³-hybridized carbons (Fsp3) is 1.00. The molecule has 8 unspecified atom stereocenters. The first-order valence-electron chi connectivity index (χ1n) is 29.0. The largest absolute Gasteiger partial charge is 0.392 e. The number of nitrogens with zero attached hydrogens (tertiary/aromatic N) is 4. The minimum atomic E-state index is -0.248. The molecule has 0 aromatic carbocycles. The predicted molar refractivity (Wildman–Crippen MR) is 334 cm³/mol. The Bertz CT molecular complexity index is 1200. The molecule has 0 aliphatic rings. The van der Waals surface area contributed by atoms with Gasteiger partial charge in [0.15, 0.2) is 0 Å². The van der Waals surface area contributed by atoms with Crippen molar-refractivity contribution in [2.45, 2.75) is 215 Å². The van der Waals surface area contributed by atoms with Crippen LogP contribution >= 0.6 is 0 Å². The number of rotatable bonds is 24. The number of nitrogens with one attached hydrogen (secondary N) is 4. The van der Waals surface area contributed by atoms with Crippen LogP contribution in [-0.2, 0) is 0 Å². The van der Waals surface area contributed by atoms with Gasteiger partial charge in [-0.15, -0.1) is 0 Å². The second-order valence-electron chi connectivity index (χ2n) is 26.7. The van der Waals surface area contributed by atoms with E-state index in [1.807, 2.05) is 198 Å². The van der Waals surface area contributed by atoms with E-state index in [2.05, 4.69) is 65.7 Å². The smallest absolute Gasteiger partial charge is 0.0715 e. The van der Waals surface area contributed by atoms with Gasteiger partial charge in [-0.25, -0.2) is 0 Å². The van der Waals surface area contributed by atoms with Crippen LogP contribution in [0.4, 0.5) is 0 Å². The maximum atomic E-state index is 9.65. The molecule has 8 radical (unpaired) electrons. The van der Waals surface area contributed by atoms with Crippen LogP contribution in [0.15, 0.2) is 0 Å². The Labute approximate surface area is 764 Å². The molecule has 0 aliphatic carbocycles. The van der Waals surface area contributed by atoms with Crippen LogP contribution in [0.1, 0.15) is 166 Å². The Morgan fingerprint density at radius 3 is 0.738 bits per heavy atom. The molecule has 0 aromatic heterocycles. The minimum Gasteiger partial charge on any atom is -0.392 e. The SMILES string of the molecule is CC(C)C(O)CN(C)C.CCN(C)CC(O)C(C)(C)C.CCN(C)CC(O)C(C)C.CCNCC(O)C(C)(C)C.CCNCC(O)C(C)C.CN(C)CC(O)C(C)(C)C.CNCC(O)C(C)(C)C.CNCC(O)C(C)C.[Ho].[Ho].[Ho].[Ho].[Ho].[Ho].[Ho].[Ho]. The molecule has 560 valence electrons. The van der Waals surface area contributed by atoms with Crippen molar-refractivity contribution in [2.24, 2.45) is 45.3 Å². The fourth-order valence-electron chi connectivity index (χ4n) is 4.62. The summed E-state index contributed by atoms with van der Waals surface area (Å²) < 4.78 is 0. The quantitative estimate of drug-likeness (QED) is 0.0479. The van der Waals surface area contributed by atoms with Crippen LogP contribution < -0.4 is 21.3 Å². The molecule has 0 fully saturated rings. The van der Waals surface area contributed by atoms with Crippen LogP contribution in [0.25, 0.3) is 0 Å². The zero-order chi connectivity index (χ0) is 62.6. The Morgan fingerprint density at radius 1 is 0.310 bits per heavy atom. The summed E-state index contributed by atoms with van der Waals surface area (Å²) in [4.78, 5) is 8.22. The minimum absolute atomic E-state index is 0. The van der Waals surface area contributed by atoms with Gasteiger partial charge in [0, 0.05) is 354 Å². The number of likely N-dealkylation sites (N-methyl/N-ethyl adjacent to an activating group) is 8. The number of aliphatic hydroxyl groups excluding tert-OH is 8. The van der Waals surface area contributed by atoms with Gasteiger partial charge in [-0.2, -0.15) is 0 Å². The van der Waals surface area contributed by atoms with Crippen LogP contribution in [0.3, 0.4) is 0 Å². The van der Waals surface area contributed by atoms with Crippen molar-refractivity contribution in [3.05, 3.63) is 0 Å². The molecule has 24 heteroatoms. The third-order valence-corrected chi connectivity index (χ3v) is 12.2. The van der Waals surface area contributed by atoms with Crippen molar-refractivity contribution >= 4 is 0 Å². The molecule has 8 atom stereocenters. The molecule has 12 N–H and O–H groups in total. The van der Waals surface area contributed by atoms with Crippen molar-refractivity contribution < 1.29 is 343 Å². The van der Waals surface area contributed by atoms with E-state index in [0.29, 0.717) is 49.9 Å². The van der Waals surface area contributed by atoms with Crippen molar-refractivity contribution in [3.8, 4) is 0 Å². The van der Waals surface area contributed by atoms with Crippen LogP contribution in [0.5, 0.6) is 0 Å². The Hall–Kier alpha value is 9.44. The first-order valence-corrected chi connectivity index (χ1v) is 29.0. The molecule has 0 rings (SSSR count). The first-order chi connectivity index (χ1) is 34.1. The predicted octanol–water partition coefficient (Wildman–Crippen LogP) is 6.27. The Morgan fingerprint density at radius 2 is 0.548 bits per heavy atom. The van der Waals surface area contributed by atoms with Gasteiger partial charge in [-0.3, -0.25) is 0 Å². The second-order valence-corrected chi connectivity index (χ2v) is 26.7. The molecule has 0 heterocycles. The van der Waals surface area contributed by atoms with Crippen LogP contribution in [0.2, 0.25) is 0 Å². The van der Waals surface area contributed by atoms with E-state index in [9.17, 15) is 35.7 Å². The van der Waals surface area contributed by atoms with E-state index in [4.69, 9.17) is 5.11 Å². The van der Waals surface area contributed by atoms with Gasteiger partial charge >= 0.3 is 0 Å². The van der Waals surface area contributed by atoms with Gasteiger partial charge in [0.2, 0.25) is 0 Å². The number of hydrogen-bond acceptors (Lipinski definition) is 16. The molecule has 0 aromatic rings. The van der Waals surface area contributed by atoms with Crippen LogP contribution in [0, 0.1) is 347 Å². The second kappa shape index (κ2) is 81.4. The molecular weight excluding hydrogens is 2280 g/mol. The Balaban J connectivity index is -0.0000000444. The maximum absolute atomic E-state index is 9.65. The van der Waals surface area contributed by atoms with Gasteiger partial charge < -0.3 is 81.7 Å². The van der Waals surface area contributed by atoms with E-state index in [-0.39, 0.29) is 372 Å². The molecule has 0 spiro atoms. The molecule has 0 amide bonds. The average molecular weight is 2430 g/mol. The number of hydrogen-bond donors (Lipinski definition) is 12. The van der Waals surface area contributed by atoms with E-state index in [1.165, 1.54) is 0 Å². The fourth-order valence-corrected chi connectivity index (χ4v) is 4.62. The molecule has 0 bridgehead atoms. The Kier molecular flexibility index (Phi) is 129. The van der Waals surface area contributed by atoms with Gasteiger partial charge in [-0.1, -0.05) is 166 Å². The van der Waals surface area contributed by atoms with E-state index >= 15 is 0 Å². The van der Waals surface area contributed by atoms with Gasteiger partial charge in [0.25, 0.3) is 0 Å². The summed E-state index contributed by atoms with van der Waals surface area (Å²) in [5, 5.41) is 86.8. The topological polar surface area (TPSA) is 223 Å². The van der Waals surface area contributed by atoms with E-state index in [0.717, 1.165) is 52.4 Å². The third kappa shape index (κ3) is 107. The standard InChI is InChI=1S/C9H21NO.3C8H19NO.3C7H17NO.C6H15NO.8Ho/c1-6-10(5)7-8(11)9(2,3)4;1-8(2,3)7(10)6-9(4)5;1-5-9-6-7(10)8(2,3)4;1-5-9(4)6-8(10)7(2)3;1-7(2,3)6(9)5-8-4;1-6(2)7(9)5-8(3)4;1-4-8-5-7(9)6(2)3;1-5(2)6(8)4-7-3;;;;;;;;/h8,11H,6-7H2,1-5H3;7,10H,6H2,1-5H3;7,9-10H,5-6H2,1-4H3;7-8,10H,5-6H2,1-4H3;6,8-9H,5H2,1-4H3;6-7,9H,5H2,1-4H3;6-9H,4-5H2,1-3H3;5-8H,4H2,1-3H3;;;;;;;;. The summed E-state index contributed by atoms with van der Waals surface area (Å²) >= 11 is 0. The summed E-state index contributed by atoms with van der Waals surface area (Å²) in [5.41, 5.74) is 0.0128. The maximum Gasteiger partial charge on any atom is 0.0715 e. The normalized spacial score (nSPS) is 13.7. The van der Waals surface area contributed by atoms with Crippen molar-refractivity contribution in [1.82, 2.24) is 40.9 Å². The zero-order valence-corrected chi connectivity index (χ0v) is 74.7. The summed E-state index contributed by atoms with van der Waals surface area (Å²) in [6.07, 6.45) is -1.69. The van der Waals surface area contributed by atoms with E-state index < -0.39 is 0 Å². The molecular formula is C60H144Ho8N8O8. The molecule has 0 saturated carbocycles. The summed E-state index contributed by atoms with van der Waals surface area (Å²) in [6, 6.07) is 0. The van der Waals surface area contributed by atoms with Crippen LogP contribution in [-0.4, -0.2) is 244 Å². The number of aliphatic hydroxyl groups is 8. The van der Waals surface area contributed by atoms with Gasteiger partial charge in [0.1, 0.15) is 0 Å². The third-order valence-electron chi connectivity index (χ3n) is 12.2. The molecule has 0 aliphatic heterocycles. The average Bonchev–Trinajstić information content (AvgIpc) is 3.27. The van der Waals surface area contributed by atoms with Gasteiger partial charge in [-0.05, 0) is 128 Å². The van der Waals surface area contributed by atoms with Crippen molar-refractivity contribution in [1.29, 1.82) is 0 Å². The molecule has 84 heavy (non-hydrogen) atoms. The summed E-state index contributed by atoms with van der Waals surface area (Å²) in [7, 11) is 15.6. The van der Waals surface area contributed by atoms with Gasteiger partial charge in [0.05, 0.1) is 48.8 Å². The monoisotopic (exact) mass is 2420 g/mol. The summed E-state index contributed by atoms with van der Waals surface area (Å²) in [6.45, 7) is 58.6. The summed E-state index contributed by atoms with van der Waals surface area (Å²) in [5.74, 6) is 1.47. The van der Waals surface area contributed by atoms with Crippen molar-refractivity contribution in [3.63, 3.8) is 0 Å². The van der Waals surface area contributed by atoms with Crippen molar-refractivity contribution in [2.75, 3.05) is 135 Å². The molecule has 0 saturated heterocycles. The molecule has 16 nitrogen and oxygen atoms in total.